The summed E-state index contributed by atoms with van der Waals surface area (Å²) in [5.41, 5.74) is 2.03. The van der Waals surface area contributed by atoms with Gasteiger partial charge in [-0.05, 0) is 24.3 Å². The number of rotatable bonds is 5. The number of methoxy groups -OCH3 is 1. The van der Waals surface area contributed by atoms with Crippen molar-refractivity contribution in [1.29, 1.82) is 0 Å². The molecule has 0 aliphatic rings. The van der Waals surface area contributed by atoms with Gasteiger partial charge < -0.3 is 9.47 Å². The molecule has 0 N–H and O–H groups in total. The SMILES string of the molecule is C=Cc1cc(OC)ccc1OCc1ccccc1Br. The molecule has 2 aromatic rings. The van der Waals surface area contributed by atoms with Gasteiger partial charge in [0.25, 0.3) is 0 Å². The zero-order valence-electron chi connectivity index (χ0n) is 10.7. The maximum absolute atomic E-state index is 5.84. The van der Waals surface area contributed by atoms with Crippen molar-refractivity contribution in [2.45, 2.75) is 6.61 Å². The fourth-order valence-corrected chi connectivity index (χ4v) is 2.11. The van der Waals surface area contributed by atoms with Crippen LogP contribution in [0.4, 0.5) is 0 Å². The summed E-state index contributed by atoms with van der Waals surface area (Å²) in [5, 5.41) is 0. The lowest BCUT2D eigenvalue weighted by Crippen LogP contribution is -1.98. The van der Waals surface area contributed by atoms with E-state index in [2.05, 4.69) is 22.5 Å². The molecule has 0 aliphatic heterocycles. The van der Waals surface area contributed by atoms with Crippen molar-refractivity contribution in [1.82, 2.24) is 0 Å². The van der Waals surface area contributed by atoms with Crippen LogP contribution in [0.25, 0.3) is 6.08 Å². The second-order valence-corrected chi connectivity index (χ2v) is 4.84. The minimum absolute atomic E-state index is 0.509. The molecule has 0 aromatic heterocycles. The van der Waals surface area contributed by atoms with Crippen LogP contribution in [0.5, 0.6) is 11.5 Å². The van der Waals surface area contributed by atoms with Gasteiger partial charge in [0.1, 0.15) is 18.1 Å². The Balaban J connectivity index is 2.15. The monoisotopic (exact) mass is 318 g/mol. The van der Waals surface area contributed by atoms with Gasteiger partial charge in [0.05, 0.1) is 7.11 Å². The molecule has 2 nitrogen and oxygen atoms in total. The third kappa shape index (κ3) is 3.38. The van der Waals surface area contributed by atoms with Crippen molar-refractivity contribution < 1.29 is 9.47 Å². The maximum Gasteiger partial charge on any atom is 0.127 e. The second kappa shape index (κ2) is 6.43. The minimum atomic E-state index is 0.509. The van der Waals surface area contributed by atoms with Crippen LogP contribution >= 0.6 is 15.9 Å². The molecular formula is C16H15BrO2. The van der Waals surface area contributed by atoms with E-state index in [9.17, 15) is 0 Å². The summed E-state index contributed by atoms with van der Waals surface area (Å²) < 4.78 is 12.1. The van der Waals surface area contributed by atoms with Crippen LogP contribution in [-0.4, -0.2) is 7.11 Å². The average molecular weight is 319 g/mol. The van der Waals surface area contributed by atoms with E-state index in [0.29, 0.717) is 6.61 Å². The Labute approximate surface area is 121 Å². The molecule has 0 saturated carbocycles. The Morgan fingerprint density at radius 2 is 2.00 bits per heavy atom. The van der Waals surface area contributed by atoms with E-state index in [1.54, 1.807) is 13.2 Å². The summed E-state index contributed by atoms with van der Waals surface area (Å²) in [5.74, 6) is 1.59. The molecule has 0 fully saturated rings. The highest BCUT2D eigenvalue weighted by molar-refractivity contribution is 9.10. The van der Waals surface area contributed by atoms with Gasteiger partial charge in [0.15, 0.2) is 0 Å². The van der Waals surface area contributed by atoms with Gasteiger partial charge in [-0.3, -0.25) is 0 Å². The van der Waals surface area contributed by atoms with Crippen molar-refractivity contribution in [3.05, 3.63) is 64.6 Å². The Morgan fingerprint density at radius 3 is 2.68 bits per heavy atom. The summed E-state index contributed by atoms with van der Waals surface area (Å²) >= 11 is 3.51. The number of halogens is 1. The van der Waals surface area contributed by atoms with Crippen molar-refractivity contribution in [2.24, 2.45) is 0 Å². The fraction of sp³-hybridized carbons (Fsp3) is 0.125. The molecule has 2 rings (SSSR count). The molecule has 0 aliphatic carbocycles. The normalized spacial score (nSPS) is 10.0. The molecule has 0 bridgehead atoms. The fourth-order valence-electron chi connectivity index (χ4n) is 1.72. The molecule has 0 amide bonds. The van der Waals surface area contributed by atoms with Crippen LogP contribution in [-0.2, 0) is 6.61 Å². The van der Waals surface area contributed by atoms with Gasteiger partial charge in [0, 0.05) is 15.6 Å². The topological polar surface area (TPSA) is 18.5 Å². The highest BCUT2D eigenvalue weighted by Crippen LogP contribution is 2.26. The molecule has 0 radical (unpaired) electrons. The summed E-state index contributed by atoms with van der Waals surface area (Å²) in [4.78, 5) is 0. The van der Waals surface area contributed by atoms with E-state index >= 15 is 0 Å². The Bertz CT molecular complexity index is 579. The van der Waals surface area contributed by atoms with Crippen molar-refractivity contribution >= 4 is 22.0 Å². The smallest absolute Gasteiger partial charge is 0.127 e. The molecule has 0 unspecified atom stereocenters. The predicted molar refractivity (Wildman–Crippen MR) is 81.6 cm³/mol. The molecule has 19 heavy (non-hydrogen) atoms. The highest BCUT2D eigenvalue weighted by Gasteiger charge is 2.05. The van der Waals surface area contributed by atoms with Gasteiger partial charge in [-0.1, -0.05) is 46.8 Å². The van der Waals surface area contributed by atoms with Gasteiger partial charge in [-0.25, -0.2) is 0 Å². The lowest BCUT2D eigenvalue weighted by molar-refractivity contribution is 0.304. The van der Waals surface area contributed by atoms with Crippen LogP contribution in [0.2, 0.25) is 0 Å². The lowest BCUT2D eigenvalue weighted by atomic mass is 10.2. The lowest BCUT2D eigenvalue weighted by Gasteiger charge is -2.11. The number of hydrogen-bond acceptors (Lipinski definition) is 2. The third-order valence-corrected chi connectivity index (χ3v) is 3.55. The van der Waals surface area contributed by atoms with Gasteiger partial charge >= 0.3 is 0 Å². The molecule has 3 heteroatoms. The molecule has 0 heterocycles. The van der Waals surface area contributed by atoms with E-state index in [1.165, 1.54) is 0 Å². The van der Waals surface area contributed by atoms with Crippen molar-refractivity contribution in [2.75, 3.05) is 7.11 Å². The first-order chi connectivity index (χ1) is 9.24. The van der Waals surface area contributed by atoms with Gasteiger partial charge in [-0.2, -0.15) is 0 Å². The summed E-state index contributed by atoms with van der Waals surface area (Å²) in [7, 11) is 1.64. The van der Waals surface area contributed by atoms with Crippen LogP contribution < -0.4 is 9.47 Å². The largest absolute Gasteiger partial charge is 0.497 e. The Kier molecular flexibility index (Phi) is 4.63. The molecule has 0 saturated heterocycles. The zero-order valence-corrected chi connectivity index (χ0v) is 12.3. The standard InChI is InChI=1S/C16H15BrO2/c1-3-12-10-14(18-2)8-9-16(12)19-11-13-6-4-5-7-15(13)17/h3-10H,1,11H2,2H3. The van der Waals surface area contributed by atoms with E-state index in [-0.39, 0.29) is 0 Å². The third-order valence-electron chi connectivity index (χ3n) is 2.78. The summed E-state index contributed by atoms with van der Waals surface area (Å²) in [6.45, 7) is 4.30. The number of benzene rings is 2. The molecule has 2 aromatic carbocycles. The van der Waals surface area contributed by atoms with Crippen molar-refractivity contribution in [3.63, 3.8) is 0 Å². The molecule has 0 atom stereocenters. The highest BCUT2D eigenvalue weighted by atomic mass is 79.9. The molecule has 0 spiro atoms. The van der Waals surface area contributed by atoms with Crippen molar-refractivity contribution in [3.8, 4) is 11.5 Å². The summed E-state index contributed by atoms with van der Waals surface area (Å²) in [6.07, 6.45) is 1.76. The zero-order chi connectivity index (χ0) is 13.7. The summed E-state index contributed by atoms with van der Waals surface area (Å²) in [6, 6.07) is 13.7. The van der Waals surface area contributed by atoms with Crippen LogP contribution in [0.1, 0.15) is 11.1 Å². The van der Waals surface area contributed by atoms with Crippen LogP contribution in [0.3, 0.4) is 0 Å². The first-order valence-corrected chi connectivity index (χ1v) is 6.70. The van der Waals surface area contributed by atoms with E-state index in [4.69, 9.17) is 9.47 Å². The molecular weight excluding hydrogens is 304 g/mol. The van der Waals surface area contributed by atoms with Gasteiger partial charge in [-0.15, -0.1) is 0 Å². The van der Waals surface area contributed by atoms with E-state index in [0.717, 1.165) is 27.1 Å². The average Bonchev–Trinajstić information content (AvgIpc) is 2.46. The Hall–Kier alpha value is -1.74. The van der Waals surface area contributed by atoms with Crippen LogP contribution in [0.15, 0.2) is 53.5 Å². The maximum atomic E-state index is 5.84. The van der Waals surface area contributed by atoms with E-state index in [1.807, 2.05) is 42.5 Å². The quantitative estimate of drug-likeness (QED) is 0.797. The minimum Gasteiger partial charge on any atom is -0.497 e. The predicted octanol–water partition coefficient (Wildman–Crippen LogP) is 4.68. The number of ether oxygens (including phenoxy) is 2. The molecule has 98 valence electrons. The first-order valence-electron chi connectivity index (χ1n) is 5.91. The van der Waals surface area contributed by atoms with Crippen LogP contribution in [0, 0.1) is 0 Å². The Morgan fingerprint density at radius 1 is 1.21 bits per heavy atom. The first kappa shape index (κ1) is 13.7. The van der Waals surface area contributed by atoms with Gasteiger partial charge in [0.2, 0.25) is 0 Å². The van der Waals surface area contributed by atoms with E-state index < -0.39 is 0 Å². The second-order valence-electron chi connectivity index (χ2n) is 3.99. The number of hydrogen-bond donors (Lipinski definition) is 0.